The van der Waals surface area contributed by atoms with Crippen molar-refractivity contribution in [2.45, 2.75) is 283 Å². The molecule has 0 aliphatic heterocycles. The third-order valence-electron chi connectivity index (χ3n) is 14.5. The molecule has 0 aromatic heterocycles. The Balaban J connectivity index is 4.15. The van der Waals surface area contributed by atoms with E-state index in [1.54, 1.807) is 6.08 Å². The first kappa shape index (κ1) is 80.4. The minimum Gasteiger partial charge on any atom is -0.387 e. The highest BCUT2D eigenvalue weighted by molar-refractivity contribution is 7.47. The van der Waals surface area contributed by atoms with Crippen LogP contribution in [0, 0.1) is 0 Å². The fraction of sp³-hybridized carbons (Fsp3) is 0.667. The molecule has 0 radical (unpaired) electrons. The van der Waals surface area contributed by atoms with Gasteiger partial charge in [0.1, 0.15) is 13.2 Å². The number of aliphatic hydroxyl groups is 1. The second kappa shape index (κ2) is 63.9. The molecular weight excluding hydrogens is 1060 g/mol. The van der Waals surface area contributed by atoms with Crippen molar-refractivity contribution in [1.29, 1.82) is 0 Å². The highest BCUT2D eigenvalue weighted by Crippen LogP contribution is 2.43. The van der Waals surface area contributed by atoms with Crippen LogP contribution < -0.4 is 5.32 Å². The molecule has 480 valence electrons. The Morgan fingerprint density at radius 1 is 0.417 bits per heavy atom. The molecule has 3 atom stereocenters. The van der Waals surface area contributed by atoms with Crippen LogP contribution in [0.2, 0.25) is 0 Å². The van der Waals surface area contributed by atoms with Gasteiger partial charge in [0.15, 0.2) is 0 Å². The number of phosphoric ester groups is 1. The summed E-state index contributed by atoms with van der Waals surface area (Å²) < 4.78 is 23.8. The molecule has 0 heterocycles. The Hall–Kier alpha value is -3.62. The van der Waals surface area contributed by atoms with Gasteiger partial charge in [-0.3, -0.25) is 13.8 Å². The smallest absolute Gasteiger partial charge is 0.387 e. The Kier molecular flexibility index (Phi) is 61.1. The van der Waals surface area contributed by atoms with Crippen LogP contribution >= 0.6 is 7.82 Å². The van der Waals surface area contributed by atoms with Gasteiger partial charge in [-0.2, -0.15) is 0 Å². The van der Waals surface area contributed by atoms with E-state index in [0.717, 1.165) is 109 Å². The number of phosphoric acid groups is 1. The van der Waals surface area contributed by atoms with E-state index in [-0.39, 0.29) is 19.1 Å². The summed E-state index contributed by atoms with van der Waals surface area (Å²) in [5.41, 5.74) is 0. The number of carbonyl (C=O) groups is 1. The van der Waals surface area contributed by atoms with Gasteiger partial charge in [-0.25, -0.2) is 4.57 Å². The Morgan fingerprint density at radius 2 is 0.726 bits per heavy atom. The molecule has 0 bridgehead atoms. The van der Waals surface area contributed by atoms with Crippen molar-refractivity contribution >= 4 is 13.7 Å². The molecule has 1 amide bonds. The van der Waals surface area contributed by atoms with Crippen molar-refractivity contribution in [3.05, 3.63) is 146 Å². The van der Waals surface area contributed by atoms with Gasteiger partial charge in [0.2, 0.25) is 5.91 Å². The summed E-state index contributed by atoms with van der Waals surface area (Å²) in [5, 5.41) is 14.0. The van der Waals surface area contributed by atoms with Gasteiger partial charge in [0.25, 0.3) is 0 Å². The molecule has 0 aromatic carbocycles. The molecular formula is C75H130N2O6P+. The second-order valence-corrected chi connectivity index (χ2v) is 25.3. The number of amides is 1. The molecule has 3 N–H and O–H groups in total. The molecule has 0 aromatic rings. The van der Waals surface area contributed by atoms with Crippen molar-refractivity contribution in [2.75, 3.05) is 40.9 Å². The number of nitrogens with one attached hydrogen (secondary N) is 1. The number of hydrogen-bond acceptors (Lipinski definition) is 5. The summed E-state index contributed by atoms with van der Waals surface area (Å²) in [6, 6.07) is -0.876. The molecule has 0 saturated heterocycles. The summed E-state index contributed by atoms with van der Waals surface area (Å²) >= 11 is 0. The van der Waals surface area contributed by atoms with E-state index in [9.17, 15) is 19.4 Å². The largest absolute Gasteiger partial charge is 0.472 e. The van der Waals surface area contributed by atoms with Crippen LogP contribution in [0.5, 0.6) is 0 Å². The quantitative estimate of drug-likeness (QED) is 0.0243. The van der Waals surface area contributed by atoms with E-state index in [0.29, 0.717) is 17.4 Å². The third-order valence-corrected chi connectivity index (χ3v) is 15.5. The van der Waals surface area contributed by atoms with Crippen LogP contribution in [-0.4, -0.2) is 73.4 Å². The van der Waals surface area contributed by atoms with Gasteiger partial charge >= 0.3 is 7.82 Å². The van der Waals surface area contributed by atoms with Crippen LogP contribution in [0.1, 0.15) is 271 Å². The van der Waals surface area contributed by atoms with E-state index in [4.69, 9.17) is 9.05 Å². The van der Waals surface area contributed by atoms with Crippen LogP contribution in [0.4, 0.5) is 0 Å². The monoisotopic (exact) mass is 1190 g/mol. The first-order valence-corrected chi connectivity index (χ1v) is 35.7. The van der Waals surface area contributed by atoms with Crippen LogP contribution in [0.25, 0.3) is 0 Å². The molecule has 0 saturated carbocycles. The number of unbranched alkanes of at least 4 members (excludes halogenated alkanes) is 26. The maximum Gasteiger partial charge on any atom is 0.472 e. The molecule has 0 aliphatic carbocycles. The topological polar surface area (TPSA) is 105 Å². The van der Waals surface area contributed by atoms with E-state index >= 15 is 0 Å². The highest BCUT2D eigenvalue weighted by atomic mass is 31.2. The predicted molar refractivity (Wildman–Crippen MR) is 368 cm³/mol. The van der Waals surface area contributed by atoms with Crippen molar-refractivity contribution < 1.29 is 32.9 Å². The van der Waals surface area contributed by atoms with Gasteiger partial charge in [-0.1, -0.05) is 301 Å². The summed E-state index contributed by atoms with van der Waals surface area (Å²) in [6.45, 7) is 4.68. The minimum absolute atomic E-state index is 0.0491. The Morgan fingerprint density at radius 3 is 1.10 bits per heavy atom. The van der Waals surface area contributed by atoms with E-state index < -0.39 is 20.0 Å². The average molecular weight is 1190 g/mol. The first-order chi connectivity index (χ1) is 41.0. The summed E-state index contributed by atoms with van der Waals surface area (Å²) in [7, 11) is 1.54. The fourth-order valence-electron chi connectivity index (χ4n) is 9.26. The number of carbonyl (C=O) groups excluding carboxylic acids is 1. The number of aliphatic hydroxyl groups excluding tert-OH is 1. The van der Waals surface area contributed by atoms with Gasteiger partial charge in [0.05, 0.1) is 39.9 Å². The lowest BCUT2D eigenvalue weighted by Gasteiger charge is -2.25. The maximum absolute atomic E-state index is 13.0. The molecule has 8 nitrogen and oxygen atoms in total. The fourth-order valence-corrected chi connectivity index (χ4v) is 10.00. The molecule has 0 fully saturated rings. The lowest BCUT2D eigenvalue weighted by molar-refractivity contribution is -0.870. The molecule has 9 heteroatoms. The van der Waals surface area contributed by atoms with Gasteiger partial charge < -0.3 is 19.8 Å². The van der Waals surface area contributed by atoms with E-state index in [2.05, 4.69) is 153 Å². The standard InChI is InChI=1S/C75H129N2O6P/c1-6-8-10-12-14-16-18-20-22-24-26-28-29-30-31-32-33-34-35-36-37-38-39-40-41-42-43-44-45-46-47-49-51-53-55-57-59-61-63-65-67-69-75(79)76-73(72-83-84(80,81)82-71-70-77(3,4)5)74(78)68-66-64-62-60-58-56-54-52-50-48-27-25-23-21-19-17-15-13-11-9-7-2/h8,10,14,16,20,22,26,28,30-31,33-34,36-37,39-40,42-43,45-46,58,60,66,68,73-74,78H,6-7,9,11-13,15,17-19,21,23-25,27,29,32,35,38,41,44,47-57,59,61-65,67,69-72H2,1-5H3,(H-,76,79,80,81)/p+1/b10-8-,16-14-,22-20-,28-26-,31-30-,34-33-,37-36-,40-39-,43-42-,46-45-,60-58+,68-66+. The van der Waals surface area contributed by atoms with E-state index in [1.807, 2.05) is 27.2 Å². The molecule has 3 unspecified atom stereocenters. The SMILES string of the molecule is CC/C=C\C/C=C\C/C=C\C/C=C\C/C=C\C/C=C\C/C=C\C/C=C\C/C=C\C/C=C\CCCCCCCCCCCCC(=O)NC(COP(=O)(O)OCC[N+](C)(C)C)C(O)/C=C/CC/C=C/CCCCCCCCCCCCCCCCC. The van der Waals surface area contributed by atoms with Crippen LogP contribution in [0.15, 0.2) is 146 Å². The summed E-state index contributed by atoms with van der Waals surface area (Å²) in [4.78, 5) is 23.4. The summed E-state index contributed by atoms with van der Waals surface area (Å²) in [6.07, 6.45) is 98.4. The van der Waals surface area contributed by atoms with Gasteiger partial charge in [-0.15, -0.1) is 0 Å². The predicted octanol–water partition coefficient (Wildman–Crippen LogP) is 22.0. The number of likely N-dealkylation sites (N-methyl/N-ethyl adjacent to an activating group) is 1. The molecule has 0 spiro atoms. The maximum atomic E-state index is 13.0. The Labute approximate surface area is 519 Å². The number of hydrogen-bond donors (Lipinski definition) is 3. The van der Waals surface area contributed by atoms with Crippen molar-refractivity contribution in [1.82, 2.24) is 5.32 Å². The molecule has 0 aliphatic rings. The number of quaternary nitrogens is 1. The zero-order valence-electron chi connectivity index (χ0n) is 54.8. The normalized spacial score (nSPS) is 14.6. The Bertz CT molecular complexity index is 1880. The van der Waals surface area contributed by atoms with E-state index in [1.165, 1.54) is 141 Å². The van der Waals surface area contributed by atoms with Crippen LogP contribution in [0.3, 0.4) is 0 Å². The molecule has 84 heavy (non-hydrogen) atoms. The number of nitrogens with zero attached hydrogens (tertiary/aromatic N) is 1. The number of allylic oxidation sites excluding steroid dienone is 23. The lowest BCUT2D eigenvalue weighted by atomic mass is 10.0. The minimum atomic E-state index is -4.37. The zero-order valence-corrected chi connectivity index (χ0v) is 55.7. The van der Waals surface area contributed by atoms with Gasteiger partial charge in [-0.05, 0) is 109 Å². The average Bonchev–Trinajstić information content (AvgIpc) is 3.56. The zero-order chi connectivity index (χ0) is 61.2. The second-order valence-electron chi connectivity index (χ2n) is 23.8. The first-order valence-electron chi connectivity index (χ1n) is 34.2. The highest BCUT2D eigenvalue weighted by Gasteiger charge is 2.27. The van der Waals surface area contributed by atoms with Crippen molar-refractivity contribution in [3.8, 4) is 0 Å². The molecule has 0 rings (SSSR count). The number of rotatable bonds is 61. The van der Waals surface area contributed by atoms with Crippen LogP contribution in [-0.2, 0) is 18.4 Å². The summed E-state index contributed by atoms with van der Waals surface area (Å²) in [5.74, 6) is -0.195. The van der Waals surface area contributed by atoms with Crippen molar-refractivity contribution in [3.63, 3.8) is 0 Å². The lowest BCUT2D eigenvalue weighted by Crippen LogP contribution is -2.45. The third kappa shape index (κ3) is 65.9. The van der Waals surface area contributed by atoms with Gasteiger partial charge in [0, 0.05) is 6.42 Å². The van der Waals surface area contributed by atoms with Crippen molar-refractivity contribution in [2.24, 2.45) is 0 Å².